The summed E-state index contributed by atoms with van der Waals surface area (Å²) in [5, 5.41) is 62.4. The van der Waals surface area contributed by atoms with E-state index < -0.39 is 59.5 Å². The molecule has 3 atom stereocenters. The number of ether oxygens (including phenoxy) is 1. The number of hydrogen-bond acceptors (Lipinski definition) is 13. The first-order valence-electron chi connectivity index (χ1n) is 17.7. The van der Waals surface area contributed by atoms with Crippen LogP contribution < -0.4 is 16.0 Å². The van der Waals surface area contributed by atoms with Crippen molar-refractivity contribution in [2.24, 2.45) is 0 Å². The summed E-state index contributed by atoms with van der Waals surface area (Å²) < 4.78 is 5.22. The van der Waals surface area contributed by atoms with E-state index in [0.29, 0.717) is 16.7 Å². The Morgan fingerprint density at radius 3 is 1.47 bits per heavy atom. The van der Waals surface area contributed by atoms with E-state index in [1.54, 1.807) is 20.8 Å². The second-order valence-corrected chi connectivity index (χ2v) is 13.0. The molecule has 1 saturated heterocycles. The van der Waals surface area contributed by atoms with Crippen LogP contribution in [0.5, 0.6) is 0 Å². The number of aliphatic hydroxyl groups is 2. The van der Waals surface area contributed by atoms with Crippen LogP contribution in [-0.4, -0.2) is 124 Å². The van der Waals surface area contributed by atoms with Gasteiger partial charge in [0.05, 0.1) is 6.61 Å². The Bertz CT molecular complexity index is 1410. The fourth-order valence-electron chi connectivity index (χ4n) is 5.05. The van der Waals surface area contributed by atoms with Crippen LogP contribution in [0.2, 0.25) is 0 Å². The number of piperazine rings is 1. The van der Waals surface area contributed by atoms with Crippen LogP contribution in [0.3, 0.4) is 0 Å². The van der Waals surface area contributed by atoms with E-state index in [1.165, 1.54) is 6.92 Å². The fourth-order valence-corrected chi connectivity index (χ4v) is 5.05. The molecule has 1 fully saturated rings. The first-order chi connectivity index (χ1) is 25.5. The summed E-state index contributed by atoms with van der Waals surface area (Å²) in [5.41, 5.74) is 1.50. The number of nitrogens with one attached hydrogen (secondary N) is 3. The number of esters is 1. The van der Waals surface area contributed by atoms with Gasteiger partial charge in [-0.1, -0.05) is 16.7 Å². The van der Waals surface area contributed by atoms with E-state index in [4.69, 9.17) is 14.9 Å². The van der Waals surface area contributed by atoms with E-state index in [0.717, 1.165) is 18.2 Å². The zero-order chi connectivity index (χ0) is 40.8. The Labute approximate surface area is 331 Å². The average Bonchev–Trinajstić information content (AvgIpc) is 3.09. The van der Waals surface area contributed by atoms with Crippen molar-refractivity contribution in [2.75, 3.05) is 39.5 Å². The molecule has 6 amide bonds. The number of rotatable bonds is 24. The molecule has 1 rings (SSSR count). The van der Waals surface area contributed by atoms with E-state index in [-0.39, 0.29) is 130 Å². The molecule has 0 saturated carbocycles. The third kappa shape index (κ3) is 20.9. The van der Waals surface area contributed by atoms with Gasteiger partial charge in [0.2, 0.25) is 35.4 Å². The fraction of sp³-hybridized carbons (Fsp3) is 0.629. The number of aliphatic hydroxyl groups excluding tert-OH is 2. The number of hydroxylamine groups is 6. The van der Waals surface area contributed by atoms with Crippen LogP contribution in [0, 0.1) is 15.6 Å². The molecular formula is C35H53FeN6O13. The topological polar surface area (TPSA) is 284 Å². The van der Waals surface area contributed by atoms with Crippen molar-refractivity contribution in [3.05, 3.63) is 50.6 Å². The molecule has 55 heavy (non-hydrogen) atoms. The smallest absolute Gasteiger partial charge is 0.756 e. The molecule has 0 aromatic heterocycles. The molecule has 0 aromatic rings. The first-order valence-corrected chi connectivity index (χ1v) is 17.7. The van der Waals surface area contributed by atoms with Crippen LogP contribution in [-0.2, 0) is 55.4 Å². The number of hydrogen-bond donors (Lipinski definition) is 5. The van der Waals surface area contributed by atoms with Crippen LogP contribution in [0.15, 0.2) is 34.9 Å². The molecule has 309 valence electrons. The maximum atomic E-state index is 12.6. The molecule has 0 spiro atoms. The van der Waals surface area contributed by atoms with Crippen LogP contribution in [0.1, 0.15) is 85.5 Å². The predicted molar refractivity (Wildman–Crippen MR) is 195 cm³/mol. The number of carbonyl (C=O) groups is 7. The molecule has 20 heteroatoms. The SMILES string of the molecule is CC(=O)NC(CCCN([O-])C(=O)/C=C(\C)CCO)C(=O)OCC/C(C)=C\C(=O)N([O-])CCCC1NC(=O)C(CCCN([O-])C(=O)/C=C(/C)CCO)NC1=O.[Fe+3]. The standard InChI is InChI=1S/C35H53N6O13.Fe/c1-23(11-17-42)20-30(45)39(51)14-5-8-27-33(48)38-28(34(49)37-27)9-6-15-40(52)32(47)22-25(3)13-19-54-35(50)29(36-26(4)44)10-7-16-41(53)31(46)21-24(2)12-18-43;/h20-22,27-29,42-43H,5-19H2,1-4H3,(H,36,44)(H,37,49)(H,38,48);/q-3;+3/b23-20-,24-21+,25-22-;. The Morgan fingerprint density at radius 2 is 1.09 bits per heavy atom. The van der Waals surface area contributed by atoms with E-state index in [1.807, 2.05) is 0 Å². The Morgan fingerprint density at radius 1 is 0.709 bits per heavy atom. The quantitative estimate of drug-likeness (QED) is 0.0380. The van der Waals surface area contributed by atoms with E-state index in [2.05, 4.69) is 16.0 Å². The van der Waals surface area contributed by atoms with Gasteiger partial charge in [-0.25, -0.2) is 4.79 Å². The van der Waals surface area contributed by atoms with Crippen molar-refractivity contribution in [3.8, 4) is 0 Å². The minimum absolute atomic E-state index is 0. The Hall–Kier alpha value is -4.17. The number of amides is 6. The second kappa shape index (κ2) is 27.4. The number of carbonyl (C=O) groups excluding carboxylic acids is 7. The van der Waals surface area contributed by atoms with E-state index >= 15 is 0 Å². The second-order valence-electron chi connectivity index (χ2n) is 13.0. The summed E-state index contributed by atoms with van der Waals surface area (Å²) in [6.45, 7) is 4.73. The van der Waals surface area contributed by atoms with Crippen molar-refractivity contribution < 1.29 is 65.6 Å². The minimum atomic E-state index is -1.09. The zero-order valence-electron chi connectivity index (χ0n) is 31.7. The maximum Gasteiger partial charge on any atom is 3.00 e. The van der Waals surface area contributed by atoms with Gasteiger partial charge < -0.3 is 61.7 Å². The Balaban J connectivity index is 0.0000292. The summed E-state index contributed by atoms with van der Waals surface area (Å²) in [4.78, 5) is 85.6. The predicted octanol–water partition coefficient (Wildman–Crippen LogP) is 0.329. The van der Waals surface area contributed by atoms with Crippen molar-refractivity contribution in [2.45, 2.75) is 104 Å². The van der Waals surface area contributed by atoms with E-state index in [9.17, 15) is 49.2 Å². The van der Waals surface area contributed by atoms with Gasteiger partial charge in [0.25, 0.3) is 0 Å². The molecular weight excluding hydrogens is 768 g/mol. The third-order valence-electron chi connectivity index (χ3n) is 8.09. The summed E-state index contributed by atoms with van der Waals surface area (Å²) in [5.74, 6) is -4.75. The van der Waals surface area contributed by atoms with Gasteiger partial charge in [-0.3, -0.25) is 28.8 Å². The van der Waals surface area contributed by atoms with Gasteiger partial charge in [-0.2, -0.15) is 0 Å². The molecule has 1 aliphatic heterocycles. The molecule has 3 unspecified atom stereocenters. The van der Waals surface area contributed by atoms with Gasteiger partial charge in [0.1, 0.15) is 18.1 Å². The van der Waals surface area contributed by atoms with Crippen LogP contribution in [0.4, 0.5) is 0 Å². The van der Waals surface area contributed by atoms with Crippen LogP contribution >= 0.6 is 0 Å². The molecule has 5 N–H and O–H groups in total. The average molecular weight is 822 g/mol. The molecule has 0 bridgehead atoms. The monoisotopic (exact) mass is 821 g/mol. The summed E-state index contributed by atoms with van der Waals surface area (Å²) in [6, 6.07) is -2.94. The van der Waals surface area contributed by atoms with Gasteiger partial charge in [0, 0.05) is 64.4 Å². The molecule has 1 aliphatic rings. The van der Waals surface area contributed by atoms with Crippen molar-refractivity contribution in [1.29, 1.82) is 0 Å². The minimum Gasteiger partial charge on any atom is -0.756 e. The zero-order valence-corrected chi connectivity index (χ0v) is 32.8. The van der Waals surface area contributed by atoms with Crippen molar-refractivity contribution >= 4 is 41.4 Å². The molecule has 1 heterocycles. The molecule has 1 radical (unpaired) electrons. The van der Waals surface area contributed by atoms with Crippen molar-refractivity contribution in [3.63, 3.8) is 0 Å². The van der Waals surface area contributed by atoms with Gasteiger partial charge in [-0.15, -0.1) is 0 Å². The van der Waals surface area contributed by atoms with Gasteiger partial charge >= 0.3 is 23.0 Å². The van der Waals surface area contributed by atoms with Crippen LogP contribution in [0.25, 0.3) is 0 Å². The molecule has 0 aliphatic carbocycles. The molecule has 19 nitrogen and oxygen atoms in total. The first kappa shape index (κ1) is 50.8. The van der Waals surface area contributed by atoms with Gasteiger partial charge in [0.15, 0.2) is 0 Å². The Kier molecular flexibility index (Phi) is 25.3. The summed E-state index contributed by atoms with van der Waals surface area (Å²) in [6.07, 6.45) is 4.40. The third-order valence-corrected chi connectivity index (χ3v) is 8.09. The largest absolute Gasteiger partial charge is 3.00 e. The summed E-state index contributed by atoms with van der Waals surface area (Å²) >= 11 is 0. The molecule has 0 aromatic carbocycles. The van der Waals surface area contributed by atoms with Crippen molar-refractivity contribution in [1.82, 2.24) is 31.1 Å². The summed E-state index contributed by atoms with van der Waals surface area (Å²) in [7, 11) is 0. The van der Waals surface area contributed by atoms with Gasteiger partial charge in [-0.05, 0) is 72.1 Å². The number of nitrogens with zero attached hydrogens (tertiary/aromatic N) is 3. The normalized spacial score (nSPS) is 16.6. The maximum absolute atomic E-state index is 12.6.